The van der Waals surface area contributed by atoms with Crippen molar-refractivity contribution in [3.05, 3.63) is 59.7 Å². The quantitative estimate of drug-likeness (QED) is 0.504. The summed E-state index contributed by atoms with van der Waals surface area (Å²) in [5.74, 6) is 6.98. The van der Waals surface area contributed by atoms with E-state index in [2.05, 4.69) is 21.6 Å². The molecule has 0 unspecified atom stereocenters. The van der Waals surface area contributed by atoms with Crippen LogP contribution < -0.4 is 11.2 Å². The van der Waals surface area contributed by atoms with Crippen LogP contribution in [0.25, 0.3) is 11.4 Å². The van der Waals surface area contributed by atoms with Crippen LogP contribution in [0.5, 0.6) is 0 Å². The highest BCUT2D eigenvalue weighted by Gasteiger charge is 2.13. The minimum Gasteiger partial charge on any atom is -0.335 e. The highest BCUT2D eigenvalue weighted by Crippen LogP contribution is 2.22. The number of aromatic nitrogens is 3. The van der Waals surface area contributed by atoms with Gasteiger partial charge in [-0.05, 0) is 19.1 Å². The Kier molecular flexibility index (Phi) is 5.74. The standard InChI is InChI=1S/C19H18N6OS/c1-13-6-8-14(9-7-13)18-23-24-19(25(18)21)27-11-10-17(26)22-16-5-3-2-4-15(16)12-20/h2-9H,10-11,21H2,1H3,(H,22,26). The van der Waals surface area contributed by atoms with Crippen LogP contribution in [-0.4, -0.2) is 26.5 Å². The lowest BCUT2D eigenvalue weighted by molar-refractivity contribution is -0.115. The molecule has 0 atom stereocenters. The van der Waals surface area contributed by atoms with E-state index in [-0.39, 0.29) is 12.3 Å². The molecule has 2 aromatic carbocycles. The van der Waals surface area contributed by atoms with Crippen molar-refractivity contribution in [3.8, 4) is 17.5 Å². The molecule has 0 aliphatic carbocycles. The fourth-order valence-electron chi connectivity index (χ4n) is 2.41. The number of thioether (sulfide) groups is 1. The van der Waals surface area contributed by atoms with Gasteiger partial charge in [0.1, 0.15) is 6.07 Å². The number of nitrogen functional groups attached to an aromatic ring is 1. The first-order chi connectivity index (χ1) is 13.1. The van der Waals surface area contributed by atoms with Gasteiger partial charge in [-0.2, -0.15) is 5.26 Å². The van der Waals surface area contributed by atoms with Crippen LogP contribution in [0.15, 0.2) is 53.7 Å². The lowest BCUT2D eigenvalue weighted by atomic mass is 10.1. The van der Waals surface area contributed by atoms with Crippen molar-refractivity contribution >= 4 is 23.4 Å². The van der Waals surface area contributed by atoms with Gasteiger partial charge in [0, 0.05) is 17.7 Å². The zero-order valence-corrected chi connectivity index (χ0v) is 15.5. The smallest absolute Gasteiger partial charge is 0.225 e. The monoisotopic (exact) mass is 378 g/mol. The van der Waals surface area contributed by atoms with Crippen LogP contribution in [-0.2, 0) is 4.79 Å². The maximum absolute atomic E-state index is 12.1. The Labute approximate surface area is 161 Å². The maximum atomic E-state index is 12.1. The van der Waals surface area contributed by atoms with Crippen LogP contribution in [0, 0.1) is 18.3 Å². The van der Waals surface area contributed by atoms with Gasteiger partial charge in [-0.3, -0.25) is 4.79 Å². The number of nitriles is 1. The first-order valence-corrected chi connectivity index (χ1v) is 9.26. The molecule has 27 heavy (non-hydrogen) atoms. The van der Waals surface area contributed by atoms with Crippen LogP contribution in [0.1, 0.15) is 17.5 Å². The first kappa shape index (κ1) is 18.5. The summed E-state index contributed by atoms with van der Waals surface area (Å²) >= 11 is 1.35. The van der Waals surface area contributed by atoms with E-state index in [1.54, 1.807) is 24.3 Å². The van der Waals surface area contributed by atoms with E-state index in [4.69, 9.17) is 11.1 Å². The molecule has 7 nitrogen and oxygen atoms in total. The van der Waals surface area contributed by atoms with E-state index in [1.807, 2.05) is 31.2 Å². The predicted molar refractivity (Wildman–Crippen MR) is 105 cm³/mol. The highest BCUT2D eigenvalue weighted by molar-refractivity contribution is 7.99. The lowest BCUT2D eigenvalue weighted by Crippen LogP contribution is -2.14. The molecule has 3 aromatic rings. The van der Waals surface area contributed by atoms with E-state index < -0.39 is 0 Å². The molecule has 0 fully saturated rings. The number of para-hydroxylation sites is 1. The number of hydrogen-bond donors (Lipinski definition) is 2. The molecule has 8 heteroatoms. The summed E-state index contributed by atoms with van der Waals surface area (Å²) in [6.07, 6.45) is 0.261. The van der Waals surface area contributed by atoms with Gasteiger partial charge in [-0.25, -0.2) is 4.68 Å². The van der Waals surface area contributed by atoms with Crippen molar-refractivity contribution in [1.29, 1.82) is 5.26 Å². The molecule has 1 amide bonds. The second-order valence-electron chi connectivity index (χ2n) is 5.85. The number of nitrogens with zero attached hydrogens (tertiary/aromatic N) is 4. The van der Waals surface area contributed by atoms with Gasteiger partial charge >= 0.3 is 0 Å². The second kappa shape index (κ2) is 8.38. The predicted octanol–water partition coefficient (Wildman–Crippen LogP) is 2.96. The Bertz CT molecular complexity index is 990. The summed E-state index contributed by atoms with van der Waals surface area (Å²) in [6, 6.07) is 16.8. The summed E-state index contributed by atoms with van der Waals surface area (Å²) in [5.41, 5.74) is 2.98. The summed E-state index contributed by atoms with van der Waals surface area (Å²) in [4.78, 5) is 12.1. The first-order valence-electron chi connectivity index (χ1n) is 8.28. The van der Waals surface area contributed by atoms with Crippen LogP contribution in [0.3, 0.4) is 0 Å². The number of nitrogens with one attached hydrogen (secondary N) is 1. The molecule has 0 aliphatic heterocycles. The third-order valence-corrected chi connectivity index (χ3v) is 4.80. The average molecular weight is 378 g/mol. The topological polar surface area (TPSA) is 110 Å². The van der Waals surface area contributed by atoms with Crippen molar-refractivity contribution in [2.75, 3.05) is 16.9 Å². The van der Waals surface area contributed by atoms with E-state index >= 15 is 0 Å². The number of aryl methyl sites for hydroxylation is 1. The van der Waals surface area contributed by atoms with Crippen molar-refractivity contribution in [2.45, 2.75) is 18.5 Å². The Hall–Kier alpha value is -3.31. The molecule has 0 saturated heterocycles. The fourth-order valence-corrected chi connectivity index (χ4v) is 3.21. The van der Waals surface area contributed by atoms with Crippen molar-refractivity contribution < 1.29 is 4.79 Å². The van der Waals surface area contributed by atoms with Gasteiger partial charge in [0.05, 0.1) is 11.3 Å². The number of rotatable bonds is 6. The average Bonchev–Trinajstić information content (AvgIpc) is 3.03. The number of carbonyl (C=O) groups excluding carboxylic acids is 1. The molecule has 1 aromatic heterocycles. The van der Waals surface area contributed by atoms with Crippen molar-refractivity contribution in [1.82, 2.24) is 14.9 Å². The van der Waals surface area contributed by atoms with Crippen LogP contribution in [0.2, 0.25) is 0 Å². The Balaban J connectivity index is 1.57. The molecule has 3 rings (SSSR count). The lowest BCUT2D eigenvalue weighted by Gasteiger charge is -2.07. The van der Waals surface area contributed by atoms with Gasteiger partial charge in [0.2, 0.25) is 11.1 Å². The molecule has 0 radical (unpaired) electrons. The number of amides is 1. The van der Waals surface area contributed by atoms with E-state index in [0.29, 0.717) is 28.0 Å². The number of anilines is 1. The number of benzene rings is 2. The van der Waals surface area contributed by atoms with Gasteiger partial charge in [0.25, 0.3) is 0 Å². The summed E-state index contributed by atoms with van der Waals surface area (Å²) in [6.45, 7) is 2.01. The minimum atomic E-state index is -0.174. The normalized spacial score (nSPS) is 10.4. The highest BCUT2D eigenvalue weighted by atomic mass is 32.2. The minimum absolute atomic E-state index is 0.174. The number of carbonyl (C=O) groups is 1. The molecule has 1 heterocycles. The molecule has 0 saturated carbocycles. The van der Waals surface area contributed by atoms with Gasteiger partial charge in [0.15, 0.2) is 5.82 Å². The van der Waals surface area contributed by atoms with Gasteiger partial charge in [-0.15, -0.1) is 10.2 Å². The van der Waals surface area contributed by atoms with Crippen molar-refractivity contribution in [3.63, 3.8) is 0 Å². The van der Waals surface area contributed by atoms with Crippen molar-refractivity contribution in [2.24, 2.45) is 0 Å². The number of nitrogens with two attached hydrogens (primary N) is 1. The molecule has 0 aliphatic rings. The third kappa shape index (κ3) is 4.46. The summed E-state index contributed by atoms with van der Waals surface area (Å²) in [7, 11) is 0. The van der Waals surface area contributed by atoms with E-state index in [1.165, 1.54) is 16.4 Å². The third-order valence-electron chi connectivity index (χ3n) is 3.86. The Morgan fingerprint density at radius 3 is 2.70 bits per heavy atom. The molecule has 0 spiro atoms. The van der Waals surface area contributed by atoms with E-state index in [0.717, 1.165) is 11.1 Å². The summed E-state index contributed by atoms with van der Waals surface area (Å²) in [5, 5.41) is 20.6. The van der Waals surface area contributed by atoms with E-state index in [9.17, 15) is 4.79 Å². The SMILES string of the molecule is Cc1ccc(-c2nnc(SCCC(=O)Nc3ccccc3C#N)n2N)cc1. The van der Waals surface area contributed by atoms with Gasteiger partial charge in [-0.1, -0.05) is 53.7 Å². The largest absolute Gasteiger partial charge is 0.335 e. The zero-order chi connectivity index (χ0) is 19.2. The zero-order valence-electron chi connectivity index (χ0n) is 14.7. The second-order valence-corrected chi connectivity index (χ2v) is 6.91. The molecule has 3 N–H and O–H groups in total. The van der Waals surface area contributed by atoms with Gasteiger partial charge < -0.3 is 11.2 Å². The fraction of sp³-hybridized carbons (Fsp3) is 0.158. The summed E-state index contributed by atoms with van der Waals surface area (Å²) < 4.78 is 1.43. The van der Waals surface area contributed by atoms with Crippen LogP contribution >= 0.6 is 11.8 Å². The number of hydrogen-bond acceptors (Lipinski definition) is 6. The Morgan fingerprint density at radius 1 is 1.22 bits per heavy atom. The molecular weight excluding hydrogens is 360 g/mol. The Morgan fingerprint density at radius 2 is 1.96 bits per heavy atom. The molecule has 0 bridgehead atoms. The molecular formula is C19H18N6OS. The van der Waals surface area contributed by atoms with Crippen LogP contribution in [0.4, 0.5) is 5.69 Å². The molecule has 136 valence electrons. The maximum Gasteiger partial charge on any atom is 0.225 e.